The first-order valence-electron chi connectivity index (χ1n) is 8.71. The van der Waals surface area contributed by atoms with Crippen molar-refractivity contribution in [2.24, 2.45) is 4.99 Å². The number of benzene rings is 1. The number of rotatable bonds is 4. The van der Waals surface area contributed by atoms with Crippen molar-refractivity contribution in [3.8, 4) is 0 Å². The lowest BCUT2D eigenvalue weighted by Gasteiger charge is -2.41. The molecule has 1 aliphatic rings. The summed E-state index contributed by atoms with van der Waals surface area (Å²) in [6.07, 6.45) is -3.30. The third-order valence-corrected chi connectivity index (χ3v) is 4.21. The highest BCUT2D eigenvalue weighted by molar-refractivity contribution is 5.91. The number of amides is 1. The molecule has 9 nitrogen and oxygen atoms in total. The Labute approximate surface area is 166 Å². The minimum Gasteiger partial charge on any atom is -0.456 e. The number of ether oxygens (including phenoxy) is 3. The molecule has 0 radical (unpaired) electrons. The van der Waals surface area contributed by atoms with Crippen molar-refractivity contribution in [1.82, 2.24) is 5.32 Å². The minimum atomic E-state index is -1.63. The zero-order chi connectivity index (χ0) is 22.0. The number of nitro groups is 1. The second kappa shape index (κ2) is 8.27. The van der Waals surface area contributed by atoms with E-state index in [4.69, 9.17) is 14.2 Å². The Hall–Kier alpha value is -2.82. The molecule has 3 atom stereocenters. The van der Waals surface area contributed by atoms with E-state index in [0.29, 0.717) is 0 Å². The van der Waals surface area contributed by atoms with Crippen LogP contribution in [0.4, 0.5) is 19.3 Å². The van der Waals surface area contributed by atoms with Gasteiger partial charge in [0.15, 0.2) is 6.10 Å². The number of alkyl halides is 1. The summed E-state index contributed by atoms with van der Waals surface area (Å²) < 4.78 is 44.0. The summed E-state index contributed by atoms with van der Waals surface area (Å²) in [7, 11) is 1.26. The van der Waals surface area contributed by atoms with Crippen LogP contribution in [0.15, 0.2) is 23.2 Å². The van der Waals surface area contributed by atoms with Gasteiger partial charge in [0, 0.05) is 24.8 Å². The van der Waals surface area contributed by atoms with E-state index in [-0.39, 0.29) is 11.3 Å². The summed E-state index contributed by atoms with van der Waals surface area (Å²) in [5, 5.41) is 13.4. The van der Waals surface area contributed by atoms with Crippen molar-refractivity contribution in [3.63, 3.8) is 0 Å². The third kappa shape index (κ3) is 4.97. The van der Waals surface area contributed by atoms with Crippen LogP contribution in [-0.4, -0.2) is 48.6 Å². The predicted octanol–water partition coefficient (Wildman–Crippen LogP) is 3.21. The summed E-state index contributed by atoms with van der Waals surface area (Å²) >= 11 is 0. The van der Waals surface area contributed by atoms with Crippen molar-refractivity contribution in [3.05, 3.63) is 39.7 Å². The van der Waals surface area contributed by atoms with Crippen LogP contribution in [0.5, 0.6) is 0 Å². The van der Waals surface area contributed by atoms with Crippen molar-refractivity contribution < 1.29 is 32.7 Å². The lowest BCUT2D eigenvalue weighted by atomic mass is 9.83. The van der Waals surface area contributed by atoms with Gasteiger partial charge in [0.1, 0.15) is 29.7 Å². The van der Waals surface area contributed by atoms with Crippen LogP contribution in [0, 0.1) is 15.9 Å². The molecule has 0 unspecified atom stereocenters. The number of carbonyl (C=O) groups excluding carboxylic acids is 1. The maximum absolute atomic E-state index is 14.6. The van der Waals surface area contributed by atoms with Crippen LogP contribution < -0.4 is 5.32 Å². The van der Waals surface area contributed by atoms with Gasteiger partial charge in [0.2, 0.25) is 0 Å². The predicted molar refractivity (Wildman–Crippen MR) is 98.9 cm³/mol. The Bertz CT molecular complexity index is 826. The van der Waals surface area contributed by atoms with Gasteiger partial charge in [-0.2, -0.15) is 0 Å². The standard InChI is InChI=1S/C18H23F2N3O6/c1-17(2,3)29-16(24)21-15-22-18(4,14(27-5)13(9-19)28-15)11-8-10(23(25)26)6-7-12(11)20/h6-8,13-14H,9H2,1-5H3,(H,21,22,24)/t13-,14+,18-/m1/s1. The molecule has 0 bridgehead atoms. The number of carbonyl (C=O) groups is 1. The Balaban J connectivity index is 2.53. The number of hydrogen-bond donors (Lipinski definition) is 1. The largest absolute Gasteiger partial charge is 0.456 e. The number of alkyl carbamates (subject to hydrolysis) is 1. The van der Waals surface area contributed by atoms with Crippen molar-refractivity contribution in [2.75, 3.05) is 13.8 Å². The average Bonchev–Trinajstić information content (AvgIpc) is 2.59. The number of nitrogens with zero attached hydrogens (tertiary/aromatic N) is 2. The van der Waals surface area contributed by atoms with Gasteiger partial charge >= 0.3 is 6.09 Å². The van der Waals surface area contributed by atoms with E-state index < -0.39 is 52.9 Å². The molecule has 0 aromatic heterocycles. The summed E-state index contributed by atoms with van der Waals surface area (Å²) in [6.45, 7) is 5.29. The number of halogens is 2. The van der Waals surface area contributed by atoms with E-state index in [1.54, 1.807) is 20.8 Å². The Kier molecular flexibility index (Phi) is 6.41. The molecule has 29 heavy (non-hydrogen) atoms. The van der Waals surface area contributed by atoms with Gasteiger partial charge in [0.05, 0.1) is 4.92 Å². The third-order valence-electron chi connectivity index (χ3n) is 4.21. The van der Waals surface area contributed by atoms with Gasteiger partial charge in [-0.15, -0.1) is 0 Å². The van der Waals surface area contributed by atoms with Crippen LogP contribution in [-0.2, 0) is 19.7 Å². The monoisotopic (exact) mass is 415 g/mol. The fourth-order valence-corrected chi connectivity index (χ4v) is 3.04. The SMILES string of the molecule is CO[C@H]1[C@@H](CF)OC(NC(=O)OC(C)(C)C)=N[C@]1(C)c1cc([N+](=O)[O-])ccc1F. The number of amidine groups is 1. The molecule has 1 N–H and O–H groups in total. The van der Waals surface area contributed by atoms with E-state index in [1.807, 2.05) is 0 Å². The summed E-state index contributed by atoms with van der Waals surface area (Å²) in [6, 6.07) is 2.50. The number of nitrogens with one attached hydrogen (secondary N) is 1. The molecular formula is C18H23F2N3O6. The van der Waals surface area contributed by atoms with Gasteiger partial charge in [-0.25, -0.2) is 23.9 Å². The molecule has 1 aromatic carbocycles. The van der Waals surface area contributed by atoms with Gasteiger partial charge < -0.3 is 14.2 Å². The molecule has 0 fully saturated rings. The molecule has 0 saturated carbocycles. The van der Waals surface area contributed by atoms with Crippen molar-refractivity contribution >= 4 is 17.8 Å². The summed E-state index contributed by atoms with van der Waals surface area (Å²) in [5.41, 5.74) is -3.03. The quantitative estimate of drug-likeness (QED) is 0.597. The molecule has 0 saturated heterocycles. The normalized spacial score (nSPS) is 24.3. The fraction of sp³-hybridized carbons (Fsp3) is 0.556. The molecular weight excluding hydrogens is 392 g/mol. The highest BCUT2D eigenvalue weighted by atomic mass is 19.1. The molecule has 1 aromatic rings. The van der Waals surface area contributed by atoms with Crippen molar-refractivity contribution in [2.45, 2.75) is 51.0 Å². The van der Waals surface area contributed by atoms with E-state index in [1.165, 1.54) is 14.0 Å². The first kappa shape index (κ1) is 22.5. The summed E-state index contributed by atoms with van der Waals surface area (Å²) in [5.74, 6) is -0.806. The first-order valence-corrected chi connectivity index (χ1v) is 8.71. The van der Waals surface area contributed by atoms with E-state index in [9.17, 15) is 23.7 Å². The molecule has 1 heterocycles. The molecule has 1 aliphatic heterocycles. The lowest BCUT2D eigenvalue weighted by molar-refractivity contribution is -0.385. The Morgan fingerprint density at radius 1 is 1.45 bits per heavy atom. The van der Waals surface area contributed by atoms with Gasteiger partial charge in [0.25, 0.3) is 11.7 Å². The lowest BCUT2D eigenvalue weighted by Crippen LogP contribution is -2.55. The summed E-state index contributed by atoms with van der Waals surface area (Å²) in [4.78, 5) is 26.7. The number of aliphatic imine (C=N–C) groups is 1. The number of non-ortho nitro benzene ring substituents is 1. The van der Waals surface area contributed by atoms with Gasteiger partial charge in [-0.1, -0.05) is 0 Å². The molecule has 0 aliphatic carbocycles. The smallest absolute Gasteiger partial charge is 0.415 e. The molecule has 160 valence electrons. The van der Waals surface area contributed by atoms with Crippen molar-refractivity contribution in [1.29, 1.82) is 0 Å². The number of nitro benzene ring substituents is 1. The maximum Gasteiger partial charge on any atom is 0.415 e. The number of hydrogen-bond acceptors (Lipinski definition) is 7. The highest BCUT2D eigenvalue weighted by Gasteiger charge is 2.49. The molecule has 1 amide bonds. The van der Waals surface area contributed by atoms with E-state index in [2.05, 4.69) is 10.3 Å². The highest BCUT2D eigenvalue weighted by Crippen LogP contribution is 2.39. The van der Waals surface area contributed by atoms with Crippen LogP contribution in [0.3, 0.4) is 0 Å². The van der Waals surface area contributed by atoms with Crippen LogP contribution >= 0.6 is 0 Å². The van der Waals surface area contributed by atoms with Crippen LogP contribution in [0.25, 0.3) is 0 Å². The van der Waals surface area contributed by atoms with E-state index in [0.717, 1.165) is 18.2 Å². The fourth-order valence-electron chi connectivity index (χ4n) is 3.04. The average molecular weight is 415 g/mol. The van der Waals surface area contributed by atoms with Gasteiger partial charge in [-0.3, -0.25) is 10.1 Å². The first-order chi connectivity index (χ1) is 13.4. The topological polar surface area (TPSA) is 112 Å². The Morgan fingerprint density at radius 2 is 2.10 bits per heavy atom. The maximum atomic E-state index is 14.6. The zero-order valence-corrected chi connectivity index (χ0v) is 16.7. The van der Waals surface area contributed by atoms with Gasteiger partial charge in [-0.05, 0) is 33.8 Å². The Morgan fingerprint density at radius 3 is 2.62 bits per heavy atom. The second-order valence-electron chi connectivity index (χ2n) is 7.58. The minimum absolute atomic E-state index is 0.205. The molecule has 0 spiro atoms. The molecule has 11 heteroatoms. The van der Waals surface area contributed by atoms with Crippen LogP contribution in [0.1, 0.15) is 33.3 Å². The second-order valence-corrected chi connectivity index (χ2v) is 7.58. The molecule has 2 rings (SSSR count). The van der Waals surface area contributed by atoms with Crippen LogP contribution in [0.2, 0.25) is 0 Å². The van der Waals surface area contributed by atoms with E-state index >= 15 is 0 Å². The zero-order valence-electron chi connectivity index (χ0n) is 16.7. The number of methoxy groups -OCH3 is 1.